The van der Waals surface area contributed by atoms with E-state index in [2.05, 4.69) is 5.32 Å². The van der Waals surface area contributed by atoms with Gasteiger partial charge in [0.2, 0.25) is 5.91 Å². The van der Waals surface area contributed by atoms with Gasteiger partial charge in [-0.05, 0) is 41.8 Å². The predicted octanol–water partition coefficient (Wildman–Crippen LogP) is 3.01. The number of amides is 1. The molecule has 0 saturated carbocycles. The van der Waals surface area contributed by atoms with Crippen LogP contribution in [0.3, 0.4) is 0 Å². The molecule has 4 nitrogen and oxygen atoms in total. The summed E-state index contributed by atoms with van der Waals surface area (Å²) >= 11 is 5.83. The van der Waals surface area contributed by atoms with Crippen LogP contribution in [0.2, 0.25) is 5.02 Å². The van der Waals surface area contributed by atoms with Gasteiger partial charge in [0, 0.05) is 11.6 Å². The highest BCUT2D eigenvalue weighted by Crippen LogP contribution is 2.30. The molecule has 0 bridgehead atoms. The number of rotatable bonds is 5. The molecule has 1 amide bonds. The number of carbonyl (C=O) groups is 1. The monoisotopic (exact) mass is 331 g/mol. The number of hydrogen-bond donors (Lipinski definition) is 1. The molecule has 0 saturated heterocycles. The van der Waals surface area contributed by atoms with Crippen LogP contribution in [-0.4, -0.2) is 25.7 Å². The van der Waals surface area contributed by atoms with Crippen molar-refractivity contribution >= 4 is 17.5 Å². The lowest BCUT2D eigenvalue weighted by Crippen LogP contribution is -2.27. The van der Waals surface area contributed by atoms with Crippen LogP contribution in [0.15, 0.2) is 42.5 Å². The molecule has 0 atom stereocenters. The van der Waals surface area contributed by atoms with Crippen molar-refractivity contribution in [3.05, 3.63) is 58.6 Å². The van der Waals surface area contributed by atoms with Gasteiger partial charge in [-0.15, -0.1) is 0 Å². The number of nitrogens with one attached hydrogen (secondary N) is 1. The van der Waals surface area contributed by atoms with E-state index in [1.165, 1.54) is 0 Å². The lowest BCUT2D eigenvalue weighted by atomic mass is 10.1. The lowest BCUT2D eigenvalue weighted by molar-refractivity contribution is -0.120. The number of benzene rings is 2. The second-order valence-electron chi connectivity index (χ2n) is 5.38. The highest BCUT2D eigenvalue weighted by atomic mass is 35.5. The molecule has 0 aliphatic carbocycles. The number of halogens is 1. The van der Waals surface area contributed by atoms with Gasteiger partial charge in [0.1, 0.15) is 13.2 Å². The van der Waals surface area contributed by atoms with Crippen molar-refractivity contribution in [1.82, 2.24) is 5.32 Å². The van der Waals surface area contributed by atoms with E-state index in [-0.39, 0.29) is 5.91 Å². The van der Waals surface area contributed by atoms with Crippen LogP contribution in [0.5, 0.6) is 11.5 Å². The average molecular weight is 332 g/mol. The molecule has 3 rings (SSSR count). The number of fused-ring (bicyclic) bond motifs is 1. The Balaban J connectivity index is 1.47. The fourth-order valence-electron chi connectivity index (χ4n) is 2.44. The Hall–Kier alpha value is -2.20. The first-order valence-electron chi connectivity index (χ1n) is 7.60. The van der Waals surface area contributed by atoms with E-state index in [0.29, 0.717) is 31.2 Å². The summed E-state index contributed by atoms with van der Waals surface area (Å²) in [4.78, 5) is 11.9. The van der Waals surface area contributed by atoms with E-state index >= 15 is 0 Å². The minimum atomic E-state index is 0.00451. The second kappa shape index (κ2) is 7.38. The van der Waals surface area contributed by atoms with Gasteiger partial charge in [-0.3, -0.25) is 4.79 Å². The van der Waals surface area contributed by atoms with Crippen molar-refractivity contribution < 1.29 is 14.3 Å². The number of ether oxygens (including phenoxy) is 2. The molecular formula is C18H18ClNO3. The quantitative estimate of drug-likeness (QED) is 0.916. The fourth-order valence-corrected chi connectivity index (χ4v) is 2.57. The third kappa shape index (κ3) is 4.39. The minimum Gasteiger partial charge on any atom is -0.486 e. The topological polar surface area (TPSA) is 47.6 Å². The van der Waals surface area contributed by atoms with Crippen molar-refractivity contribution in [3.8, 4) is 11.5 Å². The van der Waals surface area contributed by atoms with E-state index in [9.17, 15) is 4.79 Å². The van der Waals surface area contributed by atoms with Crippen molar-refractivity contribution in [1.29, 1.82) is 0 Å². The molecule has 0 aromatic heterocycles. The minimum absolute atomic E-state index is 0.00451. The smallest absolute Gasteiger partial charge is 0.224 e. The van der Waals surface area contributed by atoms with Gasteiger partial charge in [0.25, 0.3) is 0 Å². The highest BCUT2D eigenvalue weighted by molar-refractivity contribution is 6.30. The van der Waals surface area contributed by atoms with Crippen LogP contribution in [0.25, 0.3) is 0 Å². The van der Waals surface area contributed by atoms with Crippen LogP contribution >= 0.6 is 11.6 Å². The van der Waals surface area contributed by atoms with Crippen molar-refractivity contribution in [2.45, 2.75) is 12.8 Å². The van der Waals surface area contributed by atoms with Gasteiger partial charge < -0.3 is 14.8 Å². The zero-order valence-corrected chi connectivity index (χ0v) is 13.4. The first-order valence-corrected chi connectivity index (χ1v) is 7.98. The maximum Gasteiger partial charge on any atom is 0.224 e. The van der Waals surface area contributed by atoms with Gasteiger partial charge in [0.15, 0.2) is 11.5 Å². The first-order chi connectivity index (χ1) is 11.2. The Labute approximate surface area is 140 Å². The molecule has 0 spiro atoms. The summed E-state index contributed by atoms with van der Waals surface area (Å²) in [6.07, 6.45) is 1.11. The van der Waals surface area contributed by atoms with Crippen LogP contribution in [0.4, 0.5) is 0 Å². The summed E-state index contributed by atoms with van der Waals surface area (Å²) in [7, 11) is 0. The van der Waals surface area contributed by atoms with Gasteiger partial charge in [-0.1, -0.05) is 29.8 Å². The third-order valence-electron chi connectivity index (χ3n) is 3.62. The van der Waals surface area contributed by atoms with E-state index in [1.54, 1.807) is 12.1 Å². The Morgan fingerprint density at radius 3 is 2.48 bits per heavy atom. The van der Waals surface area contributed by atoms with Crippen LogP contribution in [-0.2, 0) is 17.6 Å². The SMILES string of the molecule is O=C(Cc1ccc(Cl)cc1)NCCc1ccc2c(c1)OCCO2. The molecule has 0 radical (unpaired) electrons. The van der Waals surface area contributed by atoms with Gasteiger partial charge in [-0.2, -0.15) is 0 Å². The Bertz CT molecular complexity index is 685. The van der Waals surface area contributed by atoms with Gasteiger partial charge >= 0.3 is 0 Å². The molecule has 120 valence electrons. The molecule has 2 aromatic rings. The summed E-state index contributed by atoms with van der Waals surface area (Å²) in [5.74, 6) is 1.57. The van der Waals surface area contributed by atoms with E-state index in [1.807, 2.05) is 30.3 Å². The molecule has 23 heavy (non-hydrogen) atoms. The Morgan fingerprint density at radius 2 is 1.70 bits per heavy atom. The van der Waals surface area contributed by atoms with E-state index in [0.717, 1.165) is 29.0 Å². The predicted molar refractivity (Wildman–Crippen MR) is 89.3 cm³/mol. The fraction of sp³-hybridized carbons (Fsp3) is 0.278. The molecule has 2 aromatic carbocycles. The average Bonchev–Trinajstić information content (AvgIpc) is 2.57. The first kappa shape index (κ1) is 15.7. The molecule has 1 aliphatic heterocycles. The lowest BCUT2D eigenvalue weighted by Gasteiger charge is -2.18. The molecule has 0 unspecified atom stereocenters. The number of carbonyl (C=O) groups excluding carboxylic acids is 1. The van der Waals surface area contributed by atoms with Crippen molar-refractivity contribution in [2.75, 3.05) is 19.8 Å². The molecule has 5 heteroatoms. The normalized spacial score (nSPS) is 12.7. The van der Waals surface area contributed by atoms with Crippen LogP contribution in [0, 0.1) is 0 Å². The maximum absolute atomic E-state index is 11.9. The second-order valence-corrected chi connectivity index (χ2v) is 5.82. The standard InChI is InChI=1S/C18H18ClNO3/c19-15-4-1-13(2-5-15)12-18(21)20-8-7-14-3-6-16-17(11-14)23-10-9-22-16/h1-6,11H,7-10,12H2,(H,20,21). The third-order valence-corrected chi connectivity index (χ3v) is 3.87. The van der Waals surface area contributed by atoms with E-state index < -0.39 is 0 Å². The summed E-state index contributed by atoms with van der Waals surface area (Å²) in [6.45, 7) is 1.76. The number of hydrogen-bond acceptors (Lipinski definition) is 3. The summed E-state index contributed by atoms with van der Waals surface area (Å²) < 4.78 is 11.0. The molecule has 1 heterocycles. The Kier molecular flexibility index (Phi) is 5.03. The van der Waals surface area contributed by atoms with Crippen LogP contribution in [0.1, 0.15) is 11.1 Å². The van der Waals surface area contributed by atoms with Gasteiger partial charge in [0.05, 0.1) is 6.42 Å². The van der Waals surface area contributed by atoms with Crippen LogP contribution < -0.4 is 14.8 Å². The zero-order valence-electron chi connectivity index (χ0n) is 12.7. The van der Waals surface area contributed by atoms with Crippen molar-refractivity contribution in [3.63, 3.8) is 0 Å². The highest BCUT2D eigenvalue weighted by Gasteiger charge is 2.11. The zero-order chi connectivity index (χ0) is 16.1. The molecule has 0 fully saturated rings. The molecule has 1 N–H and O–H groups in total. The summed E-state index contributed by atoms with van der Waals surface area (Å²) in [5, 5.41) is 3.60. The Morgan fingerprint density at radius 1 is 1.00 bits per heavy atom. The van der Waals surface area contributed by atoms with Gasteiger partial charge in [-0.25, -0.2) is 0 Å². The van der Waals surface area contributed by atoms with Crippen molar-refractivity contribution in [2.24, 2.45) is 0 Å². The summed E-state index contributed by atoms with van der Waals surface area (Å²) in [5.41, 5.74) is 2.06. The molecular weight excluding hydrogens is 314 g/mol. The van der Waals surface area contributed by atoms with E-state index in [4.69, 9.17) is 21.1 Å². The maximum atomic E-state index is 11.9. The molecule has 1 aliphatic rings. The summed E-state index contributed by atoms with van der Waals surface area (Å²) in [6, 6.07) is 13.2. The largest absolute Gasteiger partial charge is 0.486 e.